The zero-order valence-corrected chi connectivity index (χ0v) is 8.54. The highest BCUT2D eigenvalue weighted by atomic mass is 16.5. The standard InChI is InChI=1S/C11H18N2O/c12-7-3-6-11-10(8-13-14-11)9-4-1-2-5-9/h8-9H,1-7,12H2. The maximum atomic E-state index is 5.49. The molecule has 1 saturated carbocycles. The average molecular weight is 194 g/mol. The van der Waals surface area contributed by atoms with Gasteiger partial charge in [-0.2, -0.15) is 0 Å². The fourth-order valence-corrected chi connectivity index (χ4v) is 2.29. The predicted molar refractivity (Wildman–Crippen MR) is 55.1 cm³/mol. The summed E-state index contributed by atoms with van der Waals surface area (Å²) >= 11 is 0. The molecule has 1 aliphatic rings. The summed E-state index contributed by atoms with van der Waals surface area (Å²) in [6, 6.07) is 0. The largest absolute Gasteiger partial charge is 0.361 e. The van der Waals surface area contributed by atoms with Gasteiger partial charge in [0.25, 0.3) is 0 Å². The van der Waals surface area contributed by atoms with Crippen molar-refractivity contribution in [3.8, 4) is 0 Å². The minimum atomic E-state index is 0.703. The lowest BCUT2D eigenvalue weighted by Crippen LogP contribution is -2.02. The Kier molecular flexibility index (Phi) is 3.19. The molecule has 0 amide bonds. The van der Waals surface area contributed by atoms with Gasteiger partial charge < -0.3 is 10.3 Å². The zero-order valence-electron chi connectivity index (χ0n) is 8.54. The van der Waals surface area contributed by atoms with Crippen molar-refractivity contribution in [1.29, 1.82) is 0 Å². The molecule has 2 rings (SSSR count). The topological polar surface area (TPSA) is 52.0 Å². The summed E-state index contributed by atoms with van der Waals surface area (Å²) in [4.78, 5) is 0. The van der Waals surface area contributed by atoms with Gasteiger partial charge in [-0.25, -0.2) is 0 Å². The lowest BCUT2D eigenvalue weighted by Gasteiger charge is -2.07. The number of hydrogen-bond donors (Lipinski definition) is 1. The molecule has 14 heavy (non-hydrogen) atoms. The lowest BCUT2D eigenvalue weighted by atomic mass is 9.97. The molecule has 1 aromatic rings. The van der Waals surface area contributed by atoms with Gasteiger partial charge in [-0.15, -0.1) is 0 Å². The van der Waals surface area contributed by atoms with Crippen LogP contribution in [0.3, 0.4) is 0 Å². The SMILES string of the molecule is NCCCc1oncc1C1CCCC1. The summed E-state index contributed by atoms with van der Waals surface area (Å²) < 4.78 is 5.27. The number of aryl methyl sites for hydroxylation is 1. The van der Waals surface area contributed by atoms with E-state index < -0.39 is 0 Å². The van der Waals surface area contributed by atoms with Crippen LogP contribution in [0.5, 0.6) is 0 Å². The highest BCUT2D eigenvalue weighted by molar-refractivity contribution is 5.20. The Morgan fingerprint density at radius 1 is 1.43 bits per heavy atom. The van der Waals surface area contributed by atoms with Crippen molar-refractivity contribution >= 4 is 0 Å². The molecule has 1 aliphatic carbocycles. The summed E-state index contributed by atoms with van der Waals surface area (Å²) in [7, 11) is 0. The summed E-state index contributed by atoms with van der Waals surface area (Å²) in [5.41, 5.74) is 6.83. The summed E-state index contributed by atoms with van der Waals surface area (Å²) in [5.74, 6) is 1.77. The van der Waals surface area contributed by atoms with Gasteiger partial charge in [-0.3, -0.25) is 0 Å². The molecule has 1 aromatic heterocycles. The summed E-state index contributed by atoms with van der Waals surface area (Å²) in [6.45, 7) is 0.727. The molecule has 3 nitrogen and oxygen atoms in total. The first kappa shape index (κ1) is 9.71. The Balaban J connectivity index is 2.04. The lowest BCUT2D eigenvalue weighted by molar-refractivity contribution is 0.378. The first-order chi connectivity index (χ1) is 6.92. The van der Waals surface area contributed by atoms with Crippen LogP contribution in [0.15, 0.2) is 10.7 Å². The van der Waals surface area contributed by atoms with Crippen molar-refractivity contribution in [1.82, 2.24) is 5.16 Å². The number of aromatic nitrogens is 1. The first-order valence-electron chi connectivity index (χ1n) is 5.55. The van der Waals surface area contributed by atoms with Gasteiger partial charge in [0.1, 0.15) is 5.76 Å². The Hall–Kier alpha value is -0.830. The molecule has 2 N–H and O–H groups in total. The third-order valence-electron chi connectivity index (χ3n) is 3.08. The maximum absolute atomic E-state index is 5.49. The molecular weight excluding hydrogens is 176 g/mol. The van der Waals surface area contributed by atoms with E-state index in [2.05, 4.69) is 5.16 Å². The average Bonchev–Trinajstić information content (AvgIpc) is 2.84. The summed E-state index contributed by atoms with van der Waals surface area (Å²) in [6.07, 6.45) is 9.16. The third kappa shape index (κ3) is 1.98. The number of nitrogens with two attached hydrogens (primary N) is 1. The van der Waals surface area contributed by atoms with Crippen molar-refractivity contribution in [2.75, 3.05) is 6.54 Å². The molecule has 0 aromatic carbocycles. The van der Waals surface area contributed by atoms with Crippen LogP contribution in [0, 0.1) is 0 Å². The van der Waals surface area contributed by atoms with Gasteiger partial charge in [0.2, 0.25) is 0 Å². The van der Waals surface area contributed by atoms with E-state index in [0.717, 1.165) is 25.1 Å². The monoisotopic (exact) mass is 194 g/mol. The van der Waals surface area contributed by atoms with Crippen molar-refractivity contribution in [3.63, 3.8) is 0 Å². The van der Waals surface area contributed by atoms with E-state index in [1.165, 1.54) is 31.2 Å². The molecule has 3 heteroatoms. The van der Waals surface area contributed by atoms with Crippen molar-refractivity contribution < 1.29 is 4.52 Å². The number of nitrogens with zero attached hydrogens (tertiary/aromatic N) is 1. The van der Waals surface area contributed by atoms with Gasteiger partial charge in [0.15, 0.2) is 0 Å². The Bertz CT molecular complexity index is 277. The minimum absolute atomic E-state index is 0.703. The van der Waals surface area contributed by atoms with E-state index in [-0.39, 0.29) is 0 Å². The molecule has 0 saturated heterocycles. The number of rotatable bonds is 4. The molecule has 1 heterocycles. The van der Waals surface area contributed by atoms with Gasteiger partial charge in [-0.1, -0.05) is 18.0 Å². The summed E-state index contributed by atoms with van der Waals surface area (Å²) in [5, 5.41) is 3.90. The normalized spacial score (nSPS) is 17.8. The Labute approximate surface area is 84.7 Å². The molecule has 0 aliphatic heterocycles. The van der Waals surface area contributed by atoms with Crippen molar-refractivity contribution in [2.24, 2.45) is 5.73 Å². The highest BCUT2D eigenvalue weighted by Gasteiger charge is 2.22. The van der Waals surface area contributed by atoms with Gasteiger partial charge >= 0.3 is 0 Å². The van der Waals surface area contributed by atoms with Crippen molar-refractivity contribution in [2.45, 2.75) is 44.4 Å². The van der Waals surface area contributed by atoms with Crippen LogP contribution in [0.2, 0.25) is 0 Å². The molecule has 0 atom stereocenters. The fourth-order valence-electron chi connectivity index (χ4n) is 2.29. The van der Waals surface area contributed by atoms with Gasteiger partial charge in [0, 0.05) is 12.0 Å². The quantitative estimate of drug-likeness (QED) is 0.799. The second-order valence-electron chi connectivity index (χ2n) is 4.08. The van der Waals surface area contributed by atoms with E-state index in [9.17, 15) is 0 Å². The van der Waals surface area contributed by atoms with Crippen LogP contribution >= 0.6 is 0 Å². The van der Waals surface area contributed by atoms with E-state index in [4.69, 9.17) is 10.3 Å². The second-order valence-corrected chi connectivity index (χ2v) is 4.08. The minimum Gasteiger partial charge on any atom is -0.361 e. The fraction of sp³-hybridized carbons (Fsp3) is 0.727. The third-order valence-corrected chi connectivity index (χ3v) is 3.08. The van der Waals surface area contributed by atoms with Crippen LogP contribution in [0.1, 0.15) is 49.3 Å². The molecule has 0 radical (unpaired) electrons. The molecule has 0 spiro atoms. The Morgan fingerprint density at radius 3 is 2.93 bits per heavy atom. The van der Waals surface area contributed by atoms with Crippen LogP contribution in [0.25, 0.3) is 0 Å². The molecule has 0 bridgehead atoms. The van der Waals surface area contributed by atoms with Crippen LogP contribution < -0.4 is 5.73 Å². The van der Waals surface area contributed by atoms with Crippen LogP contribution in [0.4, 0.5) is 0 Å². The van der Waals surface area contributed by atoms with E-state index in [1.54, 1.807) is 0 Å². The van der Waals surface area contributed by atoms with Crippen molar-refractivity contribution in [3.05, 3.63) is 17.5 Å². The molecule has 0 unspecified atom stereocenters. The van der Waals surface area contributed by atoms with Crippen LogP contribution in [-0.2, 0) is 6.42 Å². The predicted octanol–water partition coefficient (Wildman–Crippen LogP) is 2.22. The van der Waals surface area contributed by atoms with Gasteiger partial charge in [-0.05, 0) is 31.7 Å². The van der Waals surface area contributed by atoms with Crippen LogP contribution in [-0.4, -0.2) is 11.7 Å². The number of hydrogen-bond acceptors (Lipinski definition) is 3. The molecular formula is C11H18N2O. The molecule has 1 fully saturated rings. The van der Waals surface area contributed by atoms with E-state index >= 15 is 0 Å². The maximum Gasteiger partial charge on any atom is 0.140 e. The van der Waals surface area contributed by atoms with Gasteiger partial charge in [0.05, 0.1) is 6.20 Å². The molecule has 78 valence electrons. The zero-order chi connectivity index (χ0) is 9.80. The van der Waals surface area contributed by atoms with E-state index in [0.29, 0.717) is 5.92 Å². The highest BCUT2D eigenvalue weighted by Crippen LogP contribution is 2.35. The smallest absolute Gasteiger partial charge is 0.140 e. The Morgan fingerprint density at radius 2 is 2.21 bits per heavy atom. The second kappa shape index (κ2) is 4.60. The van der Waals surface area contributed by atoms with E-state index in [1.807, 2.05) is 6.20 Å². The first-order valence-corrected chi connectivity index (χ1v) is 5.55.